The molecule has 2 aliphatic heterocycles. The van der Waals surface area contributed by atoms with Crippen molar-refractivity contribution in [2.24, 2.45) is 17.6 Å². The van der Waals surface area contributed by atoms with Crippen LogP contribution in [0.2, 0.25) is 0 Å². The van der Waals surface area contributed by atoms with Crippen molar-refractivity contribution in [1.82, 2.24) is 9.80 Å². The molecule has 3 rings (SSSR count). The Morgan fingerprint density at radius 2 is 1.68 bits per heavy atom. The molecule has 0 aromatic heterocycles. The molecule has 0 aromatic carbocycles. The van der Waals surface area contributed by atoms with Gasteiger partial charge in [0.1, 0.15) is 0 Å². The molecule has 0 aromatic rings. The van der Waals surface area contributed by atoms with Gasteiger partial charge in [-0.3, -0.25) is 9.69 Å². The summed E-state index contributed by atoms with van der Waals surface area (Å²) in [6, 6.07) is 0. The lowest BCUT2D eigenvalue weighted by Crippen LogP contribution is -2.54. The Bertz CT molecular complexity index is 474. The molecule has 4 unspecified atom stereocenters. The first-order chi connectivity index (χ1) is 12.3. The molecule has 166 valence electrons. The van der Waals surface area contributed by atoms with Crippen molar-refractivity contribution in [1.29, 1.82) is 0 Å². The van der Waals surface area contributed by atoms with E-state index in [-0.39, 0.29) is 36.3 Å². The summed E-state index contributed by atoms with van der Waals surface area (Å²) >= 11 is 0. The Labute approximate surface area is 183 Å². The number of piperidine rings is 1. The van der Waals surface area contributed by atoms with E-state index in [0.717, 1.165) is 70.6 Å². The SMILES string of the molecule is CC1CN(CCC2CCN(C(=O)C3CCCCC3(C)N)CC2)CC(C)O1.Cl.Cl. The van der Waals surface area contributed by atoms with Crippen LogP contribution >= 0.6 is 24.8 Å². The number of likely N-dealkylation sites (tertiary alicyclic amines) is 1. The number of ether oxygens (including phenoxy) is 1. The molecule has 5 nitrogen and oxygen atoms in total. The fraction of sp³-hybridized carbons (Fsp3) is 0.952. The van der Waals surface area contributed by atoms with Crippen LogP contribution in [0.15, 0.2) is 0 Å². The van der Waals surface area contributed by atoms with E-state index < -0.39 is 0 Å². The zero-order chi connectivity index (χ0) is 18.7. The summed E-state index contributed by atoms with van der Waals surface area (Å²) in [5.74, 6) is 1.11. The summed E-state index contributed by atoms with van der Waals surface area (Å²) in [6.45, 7) is 11.5. The molecular formula is C21H41Cl2N3O2. The van der Waals surface area contributed by atoms with Gasteiger partial charge in [-0.15, -0.1) is 24.8 Å². The number of nitrogens with zero attached hydrogens (tertiary/aromatic N) is 2. The molecular weight excluding hydrogens is 397 g/mol. The molecule has 2 N–H and O–H groups in total. The summed E-state index contributed by atoms with van der Waals surface area (Å²) in [5.41, 5.74) is 6.14. The van der Waals surface area contributed by atoms with Gasteiger partial charge in [0.15, 0.2) is 0 Å². The van der Waals surface area contributed by atoms with Crippen LogP contribution in [0.25, 0.3) is 0 Å². The predicted molar refractivity (Wildman–Crippen MR) is 119 cm³/mol. The Morgan fingerprint density at radius 3 is 2.25 bits per heavy atom. The first-order valence-electron chi connectivity index (χ1n) is 10.8. The van der Waals surface area contributed by atoms with E-state index in [4.69, 9.17) is 10.5 Å². The lowest BCUT2D eigenvalue weighted by molar-refractivity contribution is -0.140. The van der Waals surface area contributed by atoms with E-state index >= 15 is 0 Å². The quantitative estimate of drug-likeness (QED) is 0.730. The van der Waals surface area contributed by atoms with Crippen LogP contribution in [-0.4, -0.2) is 66.2 Å². The van der Waals surface area contributed by atoms with Crippen LogP contribution in [0.4, 0.5) is 0 Å². The van der Waals surface area contributed by atoms with Gasteiger partial charge < -0.3 is 15.4 Å². The van der Waals surface area contributed by atoms with Gasteiger partial charge in [0.05, 0.1) is 18.1 Å². The monoisotopic (exact) mass is 437 g/mol. The lowest BCUT2D eigenvalue weighted by atomic mass is 9.73. The highest BCUT2D eigenvalue weighted by atomic mass is 35.5. The van der Waals surface area contributed by atoms with Crippen molar-refractivity contribution in [2.75, 3.05) is 32.7 Å². The predicted octanol–water partition coefficient (Wildman–Crippen LogP) is 3.48. The Balaban J connectivity index is 0.00000196. The van der Waals surface area contributed by atoms with Crippen LogP contribution in [0, 0.1) is 11.8 Å². The summed E-state index contributed by atoms with van der Waals surface area (Å²) in [7, 11) is 0. The van der Waals surface area contributed by atoms with Crippen molar-refractivity contribution >= 4 is 30.7 Å². The third kappa shape index (κ3) is 6.73. The first kappa shape index (κ1) is 26.0. The Morgan fingerprint density at radius 1 is 1.07 bits per heavy atom. The molecule has 0 radical (unpaired) electrons. The standard InChI is InChI=1S/C21H39N3O2.2ClH/c1-16-14-23(15-17(2)26-16)11-7-18-8-12-24(13-9-18)20(25)19-6-4-5-10-21(19,3)22;;/h16-19H,4-15,22H2,1-3H3;2*1H. The van der Waals surface area contributed by atoms with Gasteiger partial charge in [0.25, 0.3) is 0 Å². The van der Waals surface area contributed by atoms with Crippen LogP contribution in [0.5, 0.6) is 0 Å². The Kier molecular flexibility index (Phi) is 10.5. The maximum absolute atomic E-state index is 13.0. The van der Waals surface area contributed by atoms with E-state index in [0.29, 0.717) is 18.1 Å². The summed E-state index contributed by atoms with van der Waals surface area (Å²) in [5, 5.41) is 0. The van der Waals surface area contributed by atoms with Gasteiger partial charge in [-0.05, 0) is 65.3 Å². The molecule has 2 heterocycles. The number of morpholine rings is 1. The van der Waals surface area contributed by atoms with Gasteiger partial charge >= 0.3 is 0 Å². The lowest BCUT2D eigenvalue weighted by Gasteiger charge is -2.42. The van der Waals surface area contributed by atoms with Gasteiger partial charge in [-0.25, -0.2) is 0 Å². The van der Waals surface area contributed by atoms with Gasteiger partial charge in [-0.1, -0.05) is 12.8 Å². The van der Waals surface area contributed by atoms with E-state index in [1.54, 1.807) is 0 Å². The van der Waals surface area contributed by atoms with Crippen LogP contribution in [-0.2, 0) is 9.53 Å². The maximum atomic E-state index is 13.0. The zero-order valence-electron chi connectivity index (χ0n) is 17.9. The number of carbonyl (C=O) groups is 1. The molecule has 1 aliphatic carbocycles. The van der Waals surface area contributed by atoms with Crippen LogP contribution in [0.3, 0.4) is 0 Å². The molecule has 28 heavy (non-hydrogen) atoms. The normalized spacial score (nSPS) is 35.0. The fourth-order valence-corrected chi connectivity index (χ4v) is 5.26. The minimum absolute atomic E-state index is 0. The van der Waals surface area contributed by atoms with Crippen LogP contribution < -0.4 is 5.73 Å². The maximum Gasteiger partial charge on any atom is 0.227 e. The number of amides is 1. The second kappa shape index (κ2) is 11.4. The number of hydrogen-bond acceptors (Lipinski definition) is 4. The highest BCUT2D eigenvalue weighted by Crippen LogP contribution is 2.34. The molecule has 1 saturated carbocycles. The second-order valence-electron chi connectivity index (χ2n) is 9.38. The number of rotatable bonds is 4. The van der Waals surface area contributed by atoms with Crippen molar-refractivity contribution in [3.05, 3.63) is 0 Å². The van der Waals surface area contributed by atoms with Crippen LogP contribution in [0.1, 0.15) is 65.7 Å². The molecule has 1 amide bonds. The van der Waals surface area contributed by atoms with Gasteiger partial charge in [-0.2, -0.15) is 0 Å². The van der Waals surface area contributed by atoms with E-state index in [9.17, 15) is 4.79 Å². The number of hydrogen-bond donors (Lipinski definition) is 1. The minimum Gasteiger partial charge on any atom is -0.373 e. The third-order valence-electron chi connectivity index (χ3n) is 6.83. The van der Waals surface area contributed by atoms with Crippen molar-refractivity contribution in [3.8, 4) is 0 Å². The number of carbonyl (C=O) groups excluding carboxylic acids is 1. The molecule has 0 bridgehead atoms. The third-order valence-corrected chi connectivity index (χ3v) is 6.83. The number of nitrogens with two attached hydrogens (primary N) is 1. The van der Waals surface area contributed by atoms with Crippen molar-refractivity contribution < 1.29 is 9.53 Å². The zero-order valence-corrected chi connectivity index (χ0v) is 19.5. The summed E-state index contributed by atoms with van der Waals surface area (Å²) in [4.78, 5) is 17.6. The highest BCUT2D eigenvalue weighted by molar-refractivity contribution is 5.85. The molecule has 4 atom stereocenters. The van der Waals surface area contributed by atoms with E-state index in [1.807, 2.05) is 0 Å². The highest BCUT2D eigenvalue weighted by Gasteiger charge is 2.40. The Hall–Kier alpha value is -0.0700. The fourth-order valence-electron chi connectivity index (χ4n) is 5.26. The molecule has 0 spiro atoms. The topological polar surface area (TPSA) is 58.8 Å². The molecule has 3 fully saturated rings. The van der Waals surface area contributed by atoms with Gasteiger partial charge in [0, 0.05) is 31.7 Å². The van der Waals surface area contributed by atoms with Crippen molar-refractivity contribution in [3.63, 3.8) is 0 Å². The average Bonchev–Trinajstić information content (AvgIpc) is 2.59. The molecule has 3 aliphatic rings. The molecule has 7 heteroatoms. The van der Waals surface area contributed by atoms with E-state index in [2.05, 4.69) is 30.6 Å². The minimum atomic E-state index is -0.310. The van der Waals surface area contributed by atoms with Crippen molar-refractivity contribution in [2.45, 2.75) is 83.5 Å². The van der Waals surface area contributed by atoms with Gasteiger partial charge in [0.2, 0.25) is 5.91 Å². The second-order valence-corrected chi connectivity index (χ2v) is 9.38. The molecule has 2 saturated heterocycles. The first-order valence-corrected chi connectivity index (χ1v) is 10.8. The average molecular weight is 438 g/mol. The smallest absolute Gasteiger partial charge is 0.227 e. The van der Waals surface area contributed by atoms with E-state index in [1.165, 1.54) is 13.0 Å². The number of halogens is 2. The summed E-state index contributed by atoms with van der Waals surface area (Å²) in [6.07, 6.45) is 8.51. The largest absolute Gasteiger partial charge is 0.373 e. The summed E-state index contributed by atoms with van der Waals surface area (Å²) < 4.78 is 5.83.